The van der Waals surface area contributed by atoms with Crippen LogP contribution in [0.25, 0.3) is 16.8 Å². The van der Waals surface area contributed by atoms with E-state index in [4.69, 9.17) is 14.6 Å². The molecule has 1 aliphatic rings. The maximum atomic E-state index is 13.2. The summed E-state index contributed by atoms with van der Waals surface area (Å²) in [6.45, 7) is 1.37. The van der Waals surface area contributed by atoms with Crippen LogP contribution in [0.15, 0.2) is 94.8 Å². The number of amides is 1. The van der Waals surface area contributed by atoms with Gasteiger partial charge in [-0.15, -0.1) is 12.1 Å². The smallest absolute Gasteiger partial charge is 0.488 e. The fourth-order valence-electron chi connectivity index (χ4n) is 3.41. The molecule has 186 valence electrons. The molecule has 0 radical (unpaired) electrons. The summed E-state index contributed by atoms with van der Waals surface area (Å²) in [6.07, 6.45) is 1.81. The minimum absolute atomic E-state index is 0. The first-order valence-corrected chi connectivity index (χ1v) is 12.0. The summed E-state index contributed by atoms with van der Waals surface area (Å²) in [5, 5.41) is 12.8. The van der Waals surface area contributed by atoms with Crippen molar-refractivity contribution in [3.8, 4) is 5.75 Å². The number of rotatable bonds is 5. The predicted molar refractivity (Wildman–Crippen MR) is 144 cm³/mol. The Morgan fingerprint density at radius 3 is 2.37 bits per heavy atom. The molecule has 0 aliphatic carbocycles. The second-order valence-corrected chi connectivity index (χ2v) is 8.94. The number of fused-ring (bicyclic) bond motifs is 1. The van der Waals surface area contributed by atoms with Crippen LogP contribution in [0.3, 0.4) is 0 Å². The fourth-order valence-corrected chi connectivity index (χ4v) is 4.24. The van der Waals surface area contributed by atoms with E-state index in [0.717, 1.165) is 34.5 Å². The van der Waals surface area contributed by atoms with Crippen molar-refractivity contribution < 1.29 is 53.4 Å². The number of carbonyl (C=O) groups is 2. The summed E-state index contributed by atoms with van der Waals surface area (Å²) >= 11 is 1.28. The molecule has 1 heterocycles. The van der Waals surface area contributed by atoms with E-state index in [1.807, 2.05) is 54.6 Å². The summed E-state index contributed by atoms with van der Waals surface area (Å²) < 4.78 is 19.3. The molecule has 1 amide bonds. The Morgan fingerprint density at radius 2 is 1.71 bits per heavy atom. The predicted octanol–water partition coefficient (Wildman–Crippen LogP) is 3.34. The van der Waals surface area contributed by atoms with Crippen LogP contribution in [-0.4, -0.2) is 22.2 Å². The van der Waals surface area contributed by atoms with Crippen LogP contribution < -0.4 is 39.6 Å². The van der Waals surface area contributed by atoms with E-state index in [1.54, 1.807) is 24.3 Å². The first-order valence-electron chi connectivity index (χ1n) is 11.2. The van der Waals surface area contributed by atoms with Crippen molar-refractivity contribution in [3.05, 3.63) is 113 Å². The molecule has 0 unspecified atom stereocenters. The standard InChI is InChI=1S/C27H18FN2O2S.C2H4O2.Na/c28-22-12-10-18(11-13-22)17-32-24-15-20-7-5-4-6-19(20)14-21(24)16-25-26(31)30-27(33-25)29-23-8-2-1-3-9-23;1-2(3)4;/h2-16H,17H2,(H,29,30,31);1H3,(H,3,4);/q-1;;+1. The number of nitrogens with zero attached hydrogens (tertiary/aromatic N) is 1. The van der Waals surface area contributed by atoms with Crippen molar-refractivity contribution in [2.24, 2.45) is 4.99 Å². The molecule has 0 atom stereocenters. The van der Waals surface area contributed by atoms with Crippen LogP contribution >= 0.6 is 11.8 Å². The number of carboxylic acids is 1. The van der Waals surface area contributed by atoms with Crippen molar-refractivity contribution in [3.63, 3.8) is 0 Å². The van der Waals surface area contributed by atoms with E-state index < -0.39 is 5.97 Å². The van der Waals surface area contributed by atoms with Crippen molar-refractivity contribution in [2.45, 2.75) is 13.5 Å². The molecule has 6 nitrogen and oxygen atoms in total. The Labute approximate surface area is 245 Å². The fraction of sp³-hybridized carbons (Fsp3) is 0.0690. The molecule has 1 saturated heterocycles. The van der Waals surface area contributed by atoms with Crippen LogP contribution in [0.5, 0.6) is 5.75 Å². The SMILES string of the molecule is CC(=O)O.O=C1NC(=Nc2cc[c-]cc2)SC1=Cc1cc2ccccc2cc1OCc1ccc(F)cc1.[Na+]. The molecule has 1 aliphatic heterocycles. The Hall–Kier alpha value is -3.43. The van der Waals surface area contributed by atoms with Gasteiger partial charge in [-0.05, 0) is 64.1 Å². The number of thioether (sulfide) groups is 1. The number of hydrogen-bond acceptors (Lipinski definition) is 5. The summed E-state index contributed by atoms with van der Waals surface area (Å²) in [4.78, 5) is 26.6. The zero-order chi connectivity index (χ0) is 26.2. The first kappa shape index (κ1) is 29.1. The van der Waals surface area contributed by atoms with Crippen molar-refractivity contribution >= 4 is 51.3 Å². The molecule has 0 bridgehead atoms. The Balaban J connectivity index is 0.000000749. The zero-order valence-corrected chi connectivity index (χ0v) is 23.6. The van der Waals surface area contributed by atoms with E-state index >= 15 is 0 Å². The molecule has 4 aromatic carbocycles. The second-order valence-electron chi connectivity index (χ2n) is 7.91. The quantitative estimate of drug-likeness (QED) is 0.232. The molecule has 0 saturated carbocycles. The van der Waals surface area contributed by atoms with Crippen LogP contribution in [0.4, 0.5) is 10.1 Å². The van der Waals surface area contributed by atoms with Crippen LogP contribution in [0.1, 0.15) is 18.1 Å². The van der Waals surface area contributed by atoms with Gasteiger partial charge in [0, 0.05) is 12.5 Å². The zero-order valence-electron chi connectivity index (χ0n) is 20.8. The van der Waals surface area contributed by atoms with Crippen molar-refractivity contribution in [1.29, 1.82) is 0 Å². The summed E-state index contributed by atoms with van der Waals surface area (Å²) in [5.74, 6) is -0.688. The number of hydrogen-bond donors (Lipinski definition) is 2. The maximum absolute atomic E-state index is 13.2. The van der Waals surface area contributed by atoms with Gasteiger partial charge < -0.3 is 15.2 Å². The molecule has 4 aromatic rings. The maximum Gasteiger partial charge on any atom is 1.00 e. The van der Waals surface area contributed by atoms with E-state index in [-0.39, 0.29) is 47.9 Å². The number of carbonyl (C=O) groups excluding carboxylic acids is 1. The summed E-state index contributed by atoms with van der Waals surface area (Å²) in [5.41, 5.74) is 2.38. The molecular weight excluding hydrogens is 514 g/mol. The van der Waals surface area contributed by atoms with Gasteiger partial charge in [-0.2, -0.15) is 18.2 Å². The third-order valence-corrected chi connectivity index (χ3v) is 5.96. The van der Waals surface area contributed by atoms with Gasteiger partial charge in [-0.25, -0.2) is 4.39 Å². The van der Waals surface area contributed by atoms with Gasteiger partial charge in [0.15, 0.2) is 5.17 Å². The molecule has 38 heavy (non-hydrogen) atoms. The number of aliphatic imine (C=N–C) groups is 1. The number of nitrogens with one attached hydrogen (secondary N) is 1. The molecule has 0 aromatic heterocycles. The second kappa shape index (κ2) is 13.9. The largest absolute Gasteiger partial charge is 1.00 e. The number of carboxylic acid groups (broad SMARTS) is 1. The molecule has 2 N–H and O–H groups in total. The van der Waals surface area contributed by atoms with Gasteiger partial charge in [0.1, 0.15) is 18.2 Å². The van der Waals surface area contributed by atoms with E-state index in [9.17, 15) is 9.18 Å². The van der Waals surface area contributed by atoms with Crippen LogP contribution in [0, 0.1) is 11.9 Å². The number of aliphatic carboxylic acids is 1. The van der Waals surface area contributed by atoms with E-state index in [2.05, 4.69) is 16.4 Å². The van der Waals surface area contributed by atoms with Crippen LogP contribution in [0.2, 0.25) is 0 Å². The number of halogens is 1. The van der Waals surface area contributed by atoms with Gasteiger partial charge in [-0.1, -0.05) is 36.4 Å². The molecule has 1 fully saturated rings. The Kier molecular flexibility index (Phi) is 10.7. The average Bonchev–Trinajstić information content (AvgIpc) is 3.22. The Bertz CT molecular complexity index is 1490. The van der Waals surface area contributed by atoms with E-state index in [0.29, 0.717) is 15.8 Å². The van der Waals surface area contributed by atoms with Gasteiger partial charge in [-0.3, -0.25) is 14.6 Å². The summed E-state index contributed by atoms with van der Waals surface area (Å²) in [7, 11) is 0. The topological polar surface area (TPSA) is 88.0 Å². The third-order valence-electron chi connectivity index (χ3n) is 5.05. The van der Waals surface area contributed by atoms with Gasteiger partial charge in [0.25, 0.3) is 11.9 Å². The Morgan fingerprint density at radius 1 is 1.08 bits per heavy atom. The number of ether oxygens (including phenoxy) is 1. The van der Waals surface area contributed by atoms with Gasteiger partial charge in [0.05, 0.1) is 4.91 Å². The van der Waals surface area contributed by atoms with Crippen LogP contribution in [-0.2, 0) is 16.2 Å². The van der Waals surface area contributed by atoms with E-state index in [1.165, 1.54) is 23.9 Å². The van der Waals surface area contributed by atoms with Gasteiger partial charge in [0.2, 0.25) is 0 Å². The molecule has 0 spiro atoms. The molecular formula is C29H22FN2NaO4S. The van der Waals surface area contributed by atoms with Crippen molar-refractivity contribution in [1.82, 2.24) is 5.32 Å². The third kappa shape index (κ3) is 8.29. The number of amidine groups is 1. The number of benzene rings is 4. The van der Waals surface area contributed by atoms with Crippen molar-refractivity contribution in [2.75, 3.05) is 0 Å². The molecule has 9 heteroatoms. The monoisotopic (exact) mass is 536 g/mol. The minimum Gasteiger partial charge on any atom is -0.488 e. The summed E-state index contributed by atoms with van der Waals surface area (Å²) in [6, 6.07) is 28.3. The minimum atomic E-state index is -0.833. The molecule has 5 rings (SSSR count). The average molecular weight is 537 g/mol. The van der Waals surface area contributed by atoms with Gasteiger partial charge >= 0.3 is 29.6 Å². The normalized spacial score (nSPS) is 14.4. The first-order chi connectivity index (χ1) is 17.9.